The van der Waals surface area contributed by atoms with E-state index >= 15 is 0 Å². The van der Waals surface area contributed by atoms with Crippen molar-refractivity contribution in [2.45, 2.75) is 76.5 Å². The van der Waals surface area contributed by atoms with Gasteiger partial charge in [0.25, 0.3) is 5.91 Å². The minimum Gasteiger partial charge on any atom is -0.444 e. The van der Waals surface area contributed by atoms with Gasteiger partial charge in [-0.25, -0.2) is 9.59 Å². The van der Waals surface area contributed by atoms with E-state index in [1.54, 1.807) is 4.90 Å². The quantitative estimate of drug-likeness (QED) is 0.744. The Balaban J connectivity index is 1.64. The molecule has 0 radical (unpaired) electrons. The number of nitrogens with zero attached hydrogens (tertiary/aromatic N) is 2. The van der Waals surface area contributed by atoms with Crippen LogP contribution < -0.4 is 5.32 Å². The van der Waals surface area contributed by atoms with Gasteiger partial charge in [-0.05, 0) is 46.5 Å². The number of piperidine rings is 1. The fourth-order valence-corrected chi connectivity index (χ4v) is 3.87. The first-order valence-electron chi connectivity index (χ1n) is 8.86. The Morgan fingerprint density at radius 2 is 1.75 bits per heavy atom. The van der Waals surface area contributed by atoms with Crippen molar-refractivity contribution >= 4 is 18.0 Å². The van der Waals surface area contributed by atoms with E-state index in [0.717, 1.165) is 25.7 Å². The molecule has 0 atom stereocenters. The minimum absolute atomic E-state index is 0.0424. The molecule has 2 saturated heterocycles. The summed E-state index contributed by atoms with van der Waals surface area (Å²) in [5.74, 6) is -0.108. The van der Waals surface area contributed by atoms with E-state index in [2.05, 4.69) is 5.32 Å². The number of hydrogen-bond acceptors (Lipinski definition) is 4. The second-order valence-electron chi connectivity index (χ2n) is 8.09. The maximum Gasteiger partial charge on any atom is 0.410 e. The molecule has 2 aliphatic heterocycles. The van der Waals surface area contributed by atoms with E-state index in [4.69, 9.17) is 4.74 Å². The largest absolute Gasteiger partial charge is 0.444 e. The molecule has 1 spiro atoms. The lowest BCUT2D eigenvalue weighted by molar-refractivity contribution is -0.134. The van der Waals surface area contributed by atoms with Gasteiger partial charge in [0.1, 0.15) is 11.1 Å². The molecule has 1 saturated carbocycles. The second kappa shape index (κ2) is 5.93. The van der Waals surface area contributed by atoms with Gasteiger partial charge < -0.3 is 15.0 Å². The van der Waals surface area contributed by atoms with Crippen LogP contribution in [0.4, 0.5) is 9.59 Å². The maximum atomic E-state index is 12.9. The molecule has 3 rings (SSSR count). The van der Waals surface area contributed by atoms with Crippen LogP contribution >= 0.6 is 0 Å². The number of amides is 4. The highest BCUT2D eigenvalue weighted by atomic mass is 16.6. The number of hydrogen-bond donors (Lipinski definition) is 1. The Labute approximate surface area is 142 Å². The van der Waals surface area contributed by atoms with Crippen LogP contribution in [0.15, 0.2) is 0 Å². The molecule has 0 aromatic heterocycles. The van der Waals surface area contributed by atoms with Crippen molar-refractivity contribution in [2.75, 3.05) is 13.1 Å². The maximum absolute atomic E-state index is 12.9. The van der Waals surface area contributed by atoms with E-state index in [0.29, 0.717) is 25.9 Å². The summed E-state index contributed by atoms with van der Waals surface area (Å²) in [7, 11) is 0. The molecule has 3 aliphatic rings. The van der Waals surface area contributed by atoms with Crippen molar-refractivity contribution in [1.29, 1.82) is 0 Å². The van der Waals surface area contributed by atoms with Gasteiger partial charge in [-0.2, -0.15) is 0 Å². The lowest BCUT2D eigenvalue weighted by atomic mass is 9.87. The predicted octanol–water partition coefficient (Wildman–Crippen LogP) is 2.25. The molecule has 7 heteroatoms. The molecular weight excluding hydrogens is 310 g/mol. The van der Waals surface area contributed by atoms with Crippen LogP contribution in [0.5, 0.6) is 0 Å². The third-order valence-electron chi connectivity index (χ3n) is 5.15. The molecule has 3 fully saturated rings. The van der Waals surface area contributed by atoms with Crippen molar-refractivity contribution in [2.24, 2.45) is 0 Å². The fourth-order valence-electron chi connectivity index (χ4n) is 3.87. The number of ether oxygens (including phenoxy) is 1. The van der Waals surface area contributed by atoms with Crippen LogP contribution in [-0.4, -0.2) is 58.1 Å². The van der Waals surface area contributed by atoms with Gasteiger partial charge >= 0.3 is 12.1 Å². The summed E-state index contributed by atoms with van der Waals surface area (Å²) in [6, 6.07) is -0.224. The first-order valence-corrected chi connectivity index (χ1v) is 8.86. The highest BCUT2D eigenvalue weighted by molar-refractivity contribution is 6.07. The molecule has 134 valence electrons. The SMILES string of the molecule is CC(C)(C)OC(=O)N1CCC2(CC1)NC(=O)N(C1CCCC1)C2=O. The second-order valence-corrected chi connectivity index (χ2v) is 8.09. The Kier molecular flexibility index (Phi) is 4.21. The molecule has 7 nitrogen and oxygen atoms in total. The molecule has 2 heterocycles. The Hall–Kier alpha value is -1.79. The van der Waals surface area contributed by atoms with E-state index in [1.807, 2.05) is 20.8 Å². The molecule has 1 aliphatic carbocycles. The predicted molar refractivity (Wildman–Crippen MR) is 87.4 cm³/mol. The number of carbonyl (C=O) groups is 3. The van der Waals surface area contributed by atoms with Crippen LogP contribution in [-0.2, 0) is 9.53 Å². The highest BCUT2D eigenvalue weighted by Gasteiger charge is 2.54. The molecule has 0 unspecified atom stereocenters. The van der Waals surface area contributed by atoms with Crippen LogP contribution in [0.25, 0.3) is 0 Å². The fraction of sp³-hybridized carbons (Fsp3) is 0.824. The Morgan fingerprint density at radius 3 is 2.29 bits per heavy atom. The van der Waals surface area contributed by atoms with Gasteiger partial charge in [-0.3, -0.25) is 9.69 Å². The first-order chi connectivity index (χ1) is 11.2. The van der Waals surface area contributed by atoms with Crippen LogP contribution in [0.2, 0.25) is 0 Å². The third-order valence-corrected chi connectivity index (χ3v) is 5.15. The summed E-state index contributed by atoms with van der Waals surface area (Å²) in [6.07, 6.45) is 4.47. The number of urea groups is 1. The van der Waals surface area contributed by atoms with Crippen molar-refractivity contribution in [1.82, 2.24) is 15.1 Å². The van der Waals surface area contributed by atoms with Gasteiger partial charge in [0.15, 0.2) is 0 Å². The molecule has 0 bridgehead atoms. The third kappa shape index (κ3) is 3.08. The van der Waals surface area contributed by atoms with Gasteiger partial charge in [0.2, 0.25) is 0 Å². The zero-order valence-electron chi connectivity index (χ0n) is 14.8. The number of rotatable bonds is 1. The van der Waals surface area contributed by atoms with Crippen molar-refractivity contribution in [3.63, 3.8) is 0 Å². The van der Waals surface area contributed by atoms with Crippen molar-refractivity contribution < 1.29 is 19.1 Å². The summed E-state index contributed by atoms with van der Waals surface area (Å²) < 4.78 is 5.38. The summed E-state index contributed by atoms with van der Waals surface area (Å²) in [5, 5.41) is 2.91. The molecule has 0 aromatic carbocycles. The monoisotopic (exact) mass is 337 g/mol. The average molecular weight is 337 g/mol. The van der Waals surface area contributed by atoms with Crippen molar-refractivity contribution in [3.05, 3.63) is 0 Å². The smallest absolute Gasteiger partial charge is 0.410 e. The van der Waals surface area contributed by atoms with Crippen molar-refractivity contribution in [3.8, 4) is 0 Å². The Morgan fingerprint density at radius 1 is 1.17 bits per heavy atom. The number of carbonyl (C=O) groups excluding carboxylic acids is 3. The number of imide groups is 1. The molecule has 24 heavy (non-hydrogen) atoms. The molecule has 1 N–H and O–H groups in total. The first kappa shape index (κ1) is 17.0. The number of nitrogens with one attached hydrogen (secondary N) is 1. The van der Waals surface area contributed by atoms with Crippen LogP contribution in [0.1, 0.15) is 59.3 Å². The summed E-state index contributed by atoms with van der Waals surface area (Å²) in [4.78, 5) is 40.4. The summed E-state index contributed by atoms with van der Waals surface area (Å²) in [5.41, 5.74) is -1.37. The molecule has 4 amide bonds. The highest BCUT2D eigenvalue weighted by Crippen LogP contribution is 2.34. The lowest BCUT2D eigenvalue weighted by Gasteiger charge is -2.38. The summed E-state index contributed by atoms with van der Waals surface area (Å²) in [6.45, 7) is 6.32. The topological polar surface area (TPSA) is 79.0 Å². The zero-order chi connectivity index (χ0) is 17.5. The number of likely N-dealkylation sites (tertiary alicyclic amines) is 1. The van der Waals surface area contributed by atoms with E-state index in [-0.39, 0.29) is 24.1 Å². The van der Waals surface area contributed by atoms with Gasteiger partial charge in [0.05, 0.1) is 0 Å². The standard InChI is InChI=1S/C17H27N3O4/c1-16(2,3)24-15(23)19-10-8-17(9-11-19)13(21)20(14(22)18-17)12-6-4-5-7-12/h12H,4-11H2,1-3H3,(H,18,22). The average Bonchev–Trinajstić information content (AvgIpc) is 3.06. The van der Waals surface area contributed by atoms with Crippen LogP contribution in [0, 0.1) is 0 Å². The lowest BCUT2D eigenvalue weighted by Crippen LogP contribution is -2.56. The molecule has 0 aromatic rings. The van der Waals surface area contributed by atoms with E-state index in [1.165, 1.54) is 4.90 Å². The zero-order valence-corrected chi connectivity index (χ0v) is 14.8. The van der Waals surface area contributed by atoms with Gasteiger partial charge in [-0.15, -0.1) is 0 Å². The van der Waals surface area contributed by atoms with Crippen LogP contribution in [0.3, 0.4) is 0 Å². The Bertz CT molecular complexity index is 541. The minimum atomic E-state index is -0.835. The molecular formula is C17H27N3O4. The van der Waals surface area contributed by atoms with Gasteiger partial charge in [-0.1, -0.05) is 12.8 Å². The summed E-state index contributed by atoms with van der Waals surface area (Å²) >= 11 is 0. The van der Waals surface area contributed by atoms with Gasteiger partial charge in [0, 0.05) is 19.1 Å². The van der Waals surface area contributed by atoms with E-state index in [9.17, 15) is 14.4 Å². The van der Waals surface area contributed by atoms with E-state index < -0.39 is 11.1 Å². The normalized spacial score (nSPS) is 24.6.